The monoisotopic (exact) mass is 1160 g/mol. The molecule has 0 aromatic rings. The van der Waals surface area contributed by atoms with Crippen LogP contribution < -0.4 is 0 Å². The fourth-order valence-corrected chi connectivity index (χ4v) is 9.34. The minimum Gasteiger partial charge on any atom is -0.479 e. The molecule has 1 aliphatic heterocycles. The summed E-state index contributed by atoms with van der Waals surface area (Å²) >= 11 is 0. The average Bonchev–Trinajstić information content (AvgIpc) is 3.58. The van der Waals surface area contributed by atoms with Crippen LogP contribution in [0.25, 0.3) is 0 Å². The molecule has 1 saturated heterocycles. The minimum atomic E-state index is -1.93. The van der Waals surface area contributed by atoms with Gasteiger partial charge < -0.3 is 39.0 Å². The number of carbonyl (C=O) groups excluding carboxylic acids is 3. The van der Waals surface area contributed by atoms with Crippen LogP contribution in [0.1, 0.15) is 265 Å². The second-order valence-electron chi connectivity index (χ2n) is 22.0. The maximum absolute atomic E-state index is 13.2. The van der Waals surface area contributed by atoms with Gasteiger partial charge in [-0.05, 0) is 122 Å². The van der Waals surface area contributed by atoms with Crippen molar-refractivity contribution in [3.8, 4) is 0 Å². The van der Waals surface area contributed by atoms with E-state index in [0.717, 1.165) is 128 Å². The van der Waals surface area contributed by atoms with Crippen LogP contribution in [0.4, 0.5) is 0 Å². The van der Waals surface area contributed by atoms with Crippen LogP contribution >= 0.6 is 0 Å². The maximum Gasteiger partial charge on any atom is 0.335 e. The summed E-state index contributed by atoms with van der Waals surface area (Å²) in [5, 5.41) is 31.6. The number of rotatable bonds is 55. The molecule has 12 heteroatoms. The van der Waals surface area contributed by atoms with E-state index in [-0.39, 0.29) is 25.9 Å². The van der Waals surface area contributed by atoms with Gasteiger partial charge in [0.1, 0.15) is 18.8 Å². The number of hydrogen-bond acceptors (Lipinski definition) is 11. The third-order valence-electron chi connectivity index (χ3n) is 14.3. The van der Waals surface area contributed by atoms with Crippen LogP contribution in [0.3, 0.4) is 0 Å². The molecule has 0 saturated carbocycles. The quantitative estimate of drug-likeness (QED) is 0.0228. The van der Waals surface area contributed by atoms with Gasteiger partial charge in [-0.15, -0.1) is 0 Å². The van der Waals surface area contributed by atoms with Crippen molar-refractivity contribution in [3.05, 3.63) is 109 Å². The Morgan fingerprint density at radius 2 is 0.759 bits per heavy atom. The Hall–Kier alpha value is -4.62. The van der Waals surface area contributed by atoms with Gasteiger partial charge in [-0.3, -0.25) is 14.4 Å². The van der Waals surface area contributed by atoms with E-state index in [4.69, 9.17) is 23.7 Å². The molecule has 0 aromatic carbocycles. The first kappa shape index (κ1) is 76.4. The van der Waals surface area contributed by atoms with Gasteiger partial charge in [0, 0.05) is 19.3 Å². The number of aliphatic hydroxyl groups is 2. The smallest absolute Gasteiger partial charge is 0.335 e. The van der Waals surface area contributed by atoms with E-state index in [1.165, 1.54) is 70.6 Å². The molecule has 12 nitrogen and oxygen atoms in total. The lowest BCUT2D eigenvalue weighted by atomic mass is 9.98. The molecule has 0 bridgehead atoms. The first-order valence-corrected chi connectivity index (χ1v) is 32.9. The van der Waals surface area contributed by atoms with E-state index in [1.54, 1.807) is 0 Å². The number of carbonyl (C=O) groups is 4. The van der Waals surface area contributed by atoms with Gasteiger partial charge in [0.25, 0.3) is 0 Å². The fourth-order valence-electron chi connectivity index (χ4n) is 9.34. The number of aliphatic carboxylic acids is 1. The van der Waals surface area contributed by atoms with Crippen molar-refractivity contribution in [2.24, 2.45) is 0 Å². The number of aliphatic hydroxyl groups excluding tert-OH is 2. The first-order chi connectivity index (χ1) is 40.6. The summed E-state index contributed by atoms with van der Waals surface area (Å²) in [6, 6.07) is 0. The Morgan fingerprint density at radius 1 is 0.410 bits per heavy atom. The SMILES string of the molecule is CC/C=C\C/C=C\C/C=C\C/C=C\CCCCCCCCC(=O)OCC(COC1OC(C(=O)O)C(O)C(O)C1OC(=O)CCCC/C=C\C/C=C\C/C=C\C/C=C\CC)OC(=O)CCCCCCCCCCC/C=C\CCCCCCCC. The predicted molar refractivity (Wildman–Crippen MR) is 340 cm³/mol. The van der Waals surface area contributed by atoms with Crippen molar-refractivity contribution in [1.29, 1.82) is 0 Å². The lowest BCUT2D eigenvalue weighted by molar-refractivity contribution is -0.301. The predicted octanol–water partition coefficient (Wildman–Crippen LogP) is 17.8. The second-order valence-corrected chi connectivity index (χ2v) is 22.0. The molecule has 0 aromatic heterocycles. The van der Waals surface area contributed by atoms with E-state index in [9.17, 15) is 34.5 Å². The molecule has 0 spiro atoms. The van der Waals surface area contributed by atoms with Crippen molar-refractivity contribution < 1.29 is 58.2 Å². The molecule has 6 unspecified atom stereocenters. The number of allylic oxidation sites excluding steroid dienone is 18. The second kappa shape index (κ2) is 57.8. The number of carboxylic acid groups (broad SMARTS) is 1. The number of carboxylic acids is 1. The van der Waals surface area contributed by atoms with Crippen molar-refractivity contribution in [1.82, 2.24) is 0 Å². The third-order valence-corrected chi connectivity index (χ3v) is 14.3. The standard InChI is InChI=1S/C71H116O12/c1-4-7-10-13-16-19-22-25-28-30-32-34-37-39-42-45-48-51-54-57-63(72)79-60-62(81-64(73)58-55-52-49-46-43-41-38-35-33-31-29-26-23-20-17-14-11-8-5-2)61-80-71-69(67(76)66(75)68(83-71)70(77)78)82-65(74)59-56-53-50-47-44-40-36-27-24-21-18-15-12-9-6-3/h7,9-10,12,16,18-19,21,25-29,32,34,36,44,47,62,66-69,71,75-76H,4-6,8,11,13-15,17,20,22-24,30-31,33,35,37-43,45-46,48-61H2,1-3H3,(H,77,78)/b10-7-,12-9-,19-16-,21-18-,28-25-,29-26-,34-32-,36-27-,47-44-. The Labute approximate surface area is 504 Å². The molecule has 6 atom stereocenters. The highest BCUT2D eigenvalue weighted by molar-refractivity contribution is 5.74. The summed E-state index contributed by atoms with van der Waals surface area (Å²) in [6.45, 7) is 5.75. The number of esters is 3. The summed E-state index contributed by atoms with van der Waals surface area (Å²) in [7, 11) is 0. The first-order valence-electron chi connectivity index (χ1n) is 32.9. The zero-order valence-electron chi connectivity index (χ0n) is 52.2. The zero-order valence-corrected chi connectivity index (χ0v) is 52.2. The van der Waals surface area contributed by atoms with Gasteiger partial charge in [-0.1, -0.05) is 233 Å². The van der Waals surface area contributed by atoms with E-state index < -0.39 is 67.3 Å². The van der Waals surface area contributed by atoms with Gasteiger partial charge in [0.05, 0.1) is 6.61 Å². The molecule has 3 N–H and O–H groups in total. The maximum atomic E-state index is 13.2. The zero-order chi connectivity index (χ0) is 60.3. The van der Waals surface area contributed by atoms with Crippen molar-refractivity contribution in [2.75, 3.05) is 13.2 Å². The summed E-state index contributed by atoms with van der Waals surface area (Å²) in [6.07, 6.45) is 66.2. The molecule has 472 valence electrons. The molecule has 0 amide bonds. The number of ether oxygens (including phenoxy) is 5. The number of hydrogen-bond donors (Lipinski definition) is 3. The van der Waals surface area contributed by atoms with E-state index in [2.05, 4.69) is 130 Å². The Balaban J connectivity index is 2.69. The number of unbranched alkanes of at least 4 members (excludes halogenated alkanes) is 23. The molecular weight excluding hydrogens is 1040 g/mol. The van der Waals surface area contributed by atoms with Crippen molar-refractivity contribution in [3.63, 3.8) is 0 Å². The van der Waals surface area contributed by atoms with E-state index in [0.29, 0.717) is 25.7 Å². The largest absolute Gasteiger partial charge is 0.479 e. The van der Waals surface area contributed by atoms with Crippen LogP contribution in [-0.2, 0) is 42.9 Å². The third kappa shape index (κ3) is 47.3. The summed E-state index contributed by atoms with van der Waals surface area (Å²) in [5.41, 5.74) is 0. The molecule has 83 heavy (non-hydrogen) atoms. The Morgan fingerprint density at radius 3 is 1.19 bits per heavy atom. The topological polar surface area (TPSA) is 175 Å². The van der Waals surface area contributed by atoms with Gasteiger partial charge in [-0.25, -0.2) is 4.79 Å². The van der Waals surface area contributed by atoms with Crippen LogP contribution in [0.2, 0.25) is 0 Å². The lowest BCUT2D eigenvalue weighted by Crippen LogP contribution is -2.61. The van der Waals surface area contributed by atoms with Crippen LogP contribution in [0, 0.1) is 0 Å². The highest BCUT2D eigenvalue weighted by Gasteiger charge is 2.50. The minimum absolute atomic E-state index is 0.00225. The van der Waals surface area contributed by atoms with Crippen LogP contribution in [0.15, 0.2) is 109 Å². The van der Waals surface area contributed by atoms with Crippen LogP contribution in [0.5, 0.6) is 0 Å². The van der Waals surface area contributed by atoms with E-state index in [1.807, 2.05) is 0 Å². The van der Waals surface area contributed by atoms with Crippen molar-refractivity contribution in [2.45, 2.75) is 302 Å². The van der Waals surface area contributed by atoms with E-state index >= 15 is 0 Å². The molecule has 0 aliphatic carbocycles. The highest BCUT2D eigenvalue weighted by atomic mass is 16.7. The Bertz CT molecular complexity index is 1860. The summed E-state index contributed by atoms with van der Waals surface area (Å²) in [4.78, 5) is 51.4. The summed E-state index contributed by atoms with van der Waals surface area (Å²) in [5.74, 6) is -3.20. The highest BCUT2D eigenvalue weighted by Crippen LogP contribution is 2.26. The molecule has 1 heterocycles. The van der Waals surface area contributed by atoms with Gasteiger partial charge in [0.15, 0.2) is 24.6 Å². The van der Waals surface area contributed by atoms with Gasteiger partial charge in [-0.2, -0.15) is 0 Å². The molecule has 1 fully saturated rings. The van der Waals surface area contributed by atoms with Gasteiger partial charge in [0.2, 0.25) is 0 Å². The van der Waals surface area contributed by atoms with Crippen molar-refractivity contribution >= 4 is 23.9 Å². The molecule has 1 aliphatic rings. The molecule has 1 rings (SSSR count). The molecular formula is C71H116O12. The van der Waals surface area contributed by atoms with Gasteiger partial charge >= 0.3 is 23.9 Å². The normalized spacial score (nSPS) is 18.3. The fraction of sp³-hybridized carbons (Fsp3) is 0.690. The Kier molecular flexibility index (Phi) is 53.2. The molecule has 0 radical (unpaired) electrons. The summed E-state index contributed by atoms with van der Waals surface area (Å²) < 4.78 is 28.5. The average molecular weight is 1160 g/mol. The lowest BCUT2D eigenvalue weighted by Gasteiger charge is -2.40. The van der Waals surface area contributed by atoms with Crippen LogP contribution in [-0.4, -0.2) is 89.2 Å².